The highest BCUT2D eigenvalue weighted by Gasteiger charge is 2.38. The lowest BCUT2D eigenvalue weighted by Crippen LogP contribution is -2.28. The number of hydrogen-bond donors (Lipinski definition) is 0. The summed E-state index contributed by atoms with van der Waals surface area (Å²) >= 11 is 0. The number of carbonyl (C=O) groups is 1. The molecule has 0 amide bonds. The summed E-state index contributed by atoms with van der Waals surface area (Å²) in [6.45, 7) is 2.49. The molecular formula is C16H18N2O2. The van der Waals surface area contributed by atoms with Crippen molar-refractivity contribution in [3.05, 3.63) is 48.3 Å². The molecule has 0 N–H and O–H groups in total. The Kier molecular flexibility index (Phi) is 3.65. The van der Waals surface area contributed by atoms with Crippen LogP contribution in [0.2, 0.25) is 0 Å². The van der Waals surface area contributed by atoms with Crippen LogP contribution in [0.4, 0.5) is 0 Å². The van der Waals surface area contributed by atoms with E-state index in [2.05, 4.69) is 5.10 Å². The number of benzene rings is 1. The fraction of sp³-hybridized carbons (Fsp3) is 0.375. The van der Waals surface area contributed by atoms with Crippen molar-refractivity contribution in [2.45, 2.75) is 25.9 Å². The molecule has 1 unspecified atom stereocenters. The second-order valence-electron chi connectivity index (χ2n) is 5.04. The van der Waals surface area contributed by atoms with E-state index in [-0.39, 0.29) is 11.9 Å². The summed E-state index contributed by atoms with van der Waals surface area (Å²) < 4.78 is 7.34. The molecule has 0 saturated heterocycles. The SMILES string of the molecule is CCOC(C(=O)c1ccnn1-c1ccccc1)C1CC1. The number of ether oxygens (including phenoxy) is 1. The second-order valence-corrected chi connectivity index (χ2v) is 5.04. The molecule has 0 bridgehead atoms. The van der Waals surface area contributed by atoms with E-state index in [0.29, 0.717) is 18.2 Å². The Morgan fingerprint density at radius 2 is 2.10 bits per heavy atom. The van der Waals surface area contributed by atoms with Gasteiger partial charge in [-0.1, -0.05) is 18.2 Å². The van der Waals surface area contributed by atoms with Crippen LogP contribution in [0.5, 0.6) is 0 Å². The van der Waals surface area contributed by atoms with Crippen LogP contribution >= 0.6 is 0 Å². The molecule has 1 saturated carbocycles. The van der Waals surface area contributed by atoms with Crippen LogP contribution < -0.4 is 0 Å². The van der Waals surface area contributed by atoms with Gasteiger partial charge in [0.1, 0.15) is 11.8 Å². The monoisotopic (exact) mass is 270 g/mol. The molecule has 1 heterocycles. The van der Waals surface area contributed by atoms with Crippen molar-refractivity contribution in [2.75, 3.05) is 6.61 Å². The second kappa shape index (κ2) is 5.59. The zero-order chi connectivity index (χ0) is 13.9. The lowest BCUT2D eigenvalue weighted by Gasteiger charge is -2.15. The molecule has 1 aromatic heterocycles. The molecule has 1 aliphatic carbocycles. The van der Waals surface area contributed by atoms with E-state index in [9.17, 15) is 4.79 Å². The quantitative estimate of drug-likeness (QED) is 0.758. The summed E-state index contributed by atoms with van der Waals surface area (Å²) in [5, 5.41) is 4.27. The third-order valence-electron chi connectivity index (χ3n) is 3.55. The zero-order valence-corrected chi connectivity index (χ0v) is 11.5. The molecular weight excluding hydrogens is 252 g/mol. The van der Waals surface area contributed by atoms with Crippen molar-refractivity contribution in [1.82, 2.24) is 9.78 Å². The maximum Gasteiger partial charge on any atom is 0.210 e. The third-order valence-corrected chi connectivity index (χ3v) is 3.55. The summed E-state index contributed by atoms with van der Waals surface area (Å²) in [6.07, 6.45) is 3.50. The lowest BCUT2D eigenvalue weighted by atomic mass is 10.1. The standard InChI is InChI=1S/C16H18N2O2/c1-2-20-16(12-8-9-12)15(19)14-10-11-17-18(14)13-6-4-3-5-7-13/h3-7,10-12,16H,2,8-9H2,1H3. The van der Waals surface area contributed by atoms with Crippen LogP contribution in [0.25, 0.3) is 5.69 Å². The van der Waals surface area contributed by atoms with Gasteiger partial charge >= 0.3 is 0 Å². The van der Waals surface area contributed by atoms with E-state index in [1.54, 1.807) is 16.9 Å². The third kappa shape index (κ3) is 2.51. The van der Waals surface area contributed by atoms with E-state index >= 15 is 0 Å². The first-order chi connectivity index (χ1) is 9.81. The molecule has 0 spiro atoms. The van der Waals surface area contributed by atoms with Gasteiger partial charge in [-0.15, -0.1) is 0 Å². The molecule has 1 aromatic carbocycles. The zero-order valence-electron chi connectivity index (χ0n) is 11.5. The van der Waals surface area contributed by atoms with Gasteiger partial charge in [-0.05, 0) is 43.9 Å². The van der Waals surface area contributed by atoms with E-state index in [4.69, 9.17) is 4.74 Å². The molecule has 104 valence electrons. The summed E-state index contributed by atoms with van der Waals surface area (Å²) in [5.74, 6) is 0.414. The number of aromatic nitrogens is 2. The van der Waals surface area contributed by atoms with E-state index < -0.39 is 0 Å². The molecule has 20 heavy (non-hydrogen) atoms. The number of ketones is 1. The average molecular weight is 270 g/mol. The van der Waals surface area contributed by atoms with Gasteiger partial charge in [0.2, 0.25) is 5.78 Å². The Balaban J connectivity index is 1.90. The van der Waals surface area contributed by atoms with Gasteiger partial charge in [0, 0.05) is 6.61 Å². The van der Waals surface area contributed by atoms with Gasteiger partial charge in [0.25, 0.3) is 0 Å². The number of para-hydroxylation sites is 1. The van der Waals surface area contributed by atoms with Crippen molar-refractivity contribution < 1.29 is 9.53 Å². The number of rotatable bonds is 6. The van der Waals surface area contributed by atoms with Crippen LogP contribution in [-0.4, -0.2) is 28.3 Å². The molecule has 1 fully saturated rings. The predicted octanol–water partition coefficient (Wildman–Crippen LogP) is 2.87. The number of nitrogens with zero attached hydrogens (tertiary/aromatic N) is 2. The highest BCUT2D eigenvalue weighted by atomic mass is 16.5. The van der Waals surface area contributed by atoms with E-state index in [0.717, 1.165) is 18.5 Å². The van der Waals surface area contributed by atoms with Gasteiger partial charge in [-0.2, -0.15) is 5.10 Å². The Morgan fingerprint density at radius 1 is 1.35 bits per heavy atom. The van der Waals surface area contributed by atoms with Gasteiger partial charge in [0.15, 0.2) is 0 Å². The fourth-order valence-corrected chi connectivity index (χ4v) is 2.41. The Morgan fingerprint density at radius 3 is 2.75 bits per heavy atom. The van der Waals surface area contributed by atoms with Crippen LogP contribution in [-0.2, 0) is 4.74 Å². The highest BCUT2D eigenvalue weighted by Crippen LogP contribution is 2.36. The minimum absolute atomic E-state index is 0.0377. The molecule has 4 nitrogen and oxygen atoms in total. The van der Waals surface area contributed by atoms with Crippen molar-refractivity contribution in [1.29, 1.82) is 0 Å². The molecule has 2 aromatic rings. The van der Waals surface area contributed by atoms with Crippen LogP contribution in [0.3, 0.4) is 0 Å². The first-order valence-corrected chi connectivity index (χ1v) is 7.06. The van der Waals surface area contributed by atoms with Crippen molar-refractivity contribution in [2.24, 2.45) is 5.92 Å². The molecule has 3 rings (SSSR count). The average Bonchev–Trinajstić information content (AvgIpc) is 3.20. The van der Waals surface area contributed by atoms with Crippen LogP contribution in [0.15, 0.2) is 42.6 Å². The summed E-state index contributed by atoms with van der Waals surface area (Å²) in [5.41, 5.74) is 1.49. The van der Waals surface area contributed by atoms with Crippen molar-refractivity contribution in [3.8, 4) is 5.69 Å². The minimum Gasteiger partial charge on any atom is -0.370 e. The lowest BCUT2D eigenvalue weighted by molar-refractivity contribution is 0.0368. The van der Waals surface area contributed by atoms with Crippen molar-refractivity contribution in [3.63, 3.8) is 0 Å². The minimum atomic E-state index is -0.320. The Labute approximate surface area is 118 Å². The van der Waals surface area contributed by atoms with Gasteiger partial charge in [-0.3, -0.25) is 4.79 Å². The maximum absolute atomic E-state index is 12.7. The first kappa shape index (κ1) is 13.1. The van der Waals surface area contributed by atoms with E-state index in [1.165, 1.54) is 0 Å². The van der Waals surface area contributed by atoms with Crippen molar-refractivity contribution >= 4 is 5.78 Å². The maximum atomic E-state index is 12.7. The smallest absolute Gasteiger partial charge is 0.210 e. The van der Waals surface area contributed by atoms with Crippen LogP contribution in [0.1, 0.15) is 30.3 Å². The molecule has 4 heteroatoms. The molecule has 0 aliphatic heterocycles. The largest absolute Gasteiger partial charge is 0.370 e. The number of carbonyl (C=O) groups excluding carboxylic acids is 1. The molecule has 1 atom stereocenters. The van der Waals surface area contributed by atoms with Gasteiger partial charge in [0.05, 0.1) is 11.9 Å². The fourth-order valence-electron chi connectivity index (χ4n) is 2.41. The molecule has 1 aliphatic rings. The summed E-state index contributed by atoms with van der Waals surface area (Å²) in [6, 6.07) is 11.5. The first-order valence-electron chi connectivity index (χ1n) is 7.06. The number of hydrogen-bond acceptors (Lipinski definition) is 3. The highest BCUT2D eigenvalue weighted by molar-refractivity contribution is 5.98. The normalized spacial score (nSPS) is 16.1. The summed E-state index contributed by atoms with van der Waals surface area (Å²) in [7, 11) is 0. The molecule has 0 radical (unpaired) electrons. The summed E-state index contributed by atoms with van der Waals surface area (Å²) in [4.78, 5) is 12.7. The van der Waals surface area contributed by atoms with E-state index in [1.807, 2.05) is 37.3 Å². The number of Topliss-reactive ketones (excluding diaryl/α,β-unsaturated/α-hetero) is 1. The van der Waals surface area contributed by atoms with Gasteiger partial charge in [-0.25, -0.2) is 4.68 Å². The van der Waals surface area contributed by atoms with Gasteiger partial charge < -0.3 is 4.74 Å². The Hall–Kier alpha value is -1.94. The predicted molar refractivity (Wildman–Crippen MR) is 76.0 cm³/mol. The topological polar surface area (TPSA) is 44.1 Å². The Bertz CT molecular complexity index is 588. The van der Waals surface area contributed by atoms with Crippen LogP contribution in [0, 0.1) is 5.92 Å².